The summed E-state index contributed by atoms with van der Waals surface area (Å²) < 4.78 is 15.8. The monoisotopic (exact) mass is 225 g/mol. The van der Waals surface area contributed by atoms with Crippen LogP contribution >= 0.6 is 0 Å². The quantitative estimate of drug-likeness (QED) is 0.709. The van der Waals surface area contributed by atoms with E-state index >= 15 is 0 Å². The van der Waals surface area contributed by atoms with Crippen LogP contribution in [0.1, 0.15) is 5.56 Å². The molecule has 0 heterocycles. The van der Waals surface area contributed by atoms with Gasteiger partial charge in [-0.25, -0.2) is 0 Å². The van der Waals surface area contributed by atoms with Gasteiger partial charge in [0.25, 0.3) is 0 Å². The van der Waals surface area contributed by atoms with E-state index in [1.54, 1.807) is 14.2 Å². The number of rotatable bonds is 7. The summed E-state index contributed by atoms with van der Waals surface area (Å²) >= 11 is 0. The van der Waals surface area contributed by atoms with Gasteiger partial charge in [0.2, 0.25) is 0 Å². The standard InChI is InChI=1S/C12H19NO3/c1-14-8-9-16-12-10(6-7-13)4-3-5-11(12)15-2/h3-5H,6-9,13H2,1-2H3. The summed E-state index contributed by atoms with van der Waals surface area (Å²) in [6, 6.07) is 5.81. The van der Waals surface area contributed by atoms with Crippen LogP contribution in [0, 0.1) is 0 Å². The topological polar surface area (TPSA) is 53.7 Å². The van der Waals surface area contributed by atoms with Crippen molar-refractivity contribution in [3.63, 3.8) is 0 Å². The third-order valence-corrected chi connectivity index (χ3v) is 2.23. The van der Waals surface area contributed by atoms with Crippen LogP contribution in [0.15, 0.2) is 18.2 Å². The first kappa shape index (κ1) is 12.8. The summed E-state index contributed by atoms with van der Waals surface area (Å²) in [5, 5.41) is 0. The molecular formula is C12H19NO3. The minimum atomic E-state index is 0.508. The molecule has 0 saturated heterocycles. The summed E-state index contributed by atoms with van der Waals surface area (Å²) in [6.45, 7) is 1.66. The average Bonchev–Trinajstić information content (AvgIpc) is 2.31. The molecule has 0 unspecified atom stereocenters. The summed E-state index contributed by atoms with van der Waals surface area (Å²) in [4.78, 5) is 0. The van der Waals surface area contributed by atoms with Gasteiger partial charge in [-0.1, -0.05) is 12.1 Å². The normalized spacial score (nSPS) is 10.2. The second-order valence-corrected chi connectivity index (χ2v) is 3.33. The van der Waals surface area contributed by atoms with Gasteiger partial charge >= 0.3 is 0 Å². The fraction of sp³-hybridized carbons (Fsp3) is 0.500. The predicted molar refractivity (Wildman–Crippen MR) is 63.1 cm³/mol. The molecule has 4 heteroatoms. The van der Waals surface area contributed by atoms with Crippen molar-refractivity contribution < 1.29 is 14.2 Å². The third-order valence-electron chi connectivity index (χ3n) is 2.23. The second-order valence-electron chi connectivity index (χ2n) is 3.33. The molecule has 0 radical (unpaired) electrons. The highest BCUT2D eigenvalue weighted by molar-refractivity contribution is 5.46. The number of para-hydroxylation sites is 1. The van der Waals surface area contributed by atoms with Crippen LogP contribution in [0.5, 0.6) is 11.5 Å². The number of benzene rings is 1. The molecule has 1 aromatic rings. The van der Waals surface area contributed by atoms with Gasteiger partial charge in [-0.05, 0) is 24.6 Å². The first-order chi connectivity index (χ1) is 7.83. The molecule has 0 saturated carbocycles. The van der Waals surface area contributed by atoms with E-state index in [1.807, 2.05) is 18.2 Å². The zero-order chi connectivity index (χ0) is 11.8. The SMILES string of the molecule is COCCOc1c(CCN)cccc1OC. The second kappa shape index (κ2) is 7.09. The fourth-order valence-corrected chi connectivity index (χ4v) is 1.47. The van der Waals surface area contributed by atoms with E-state index in [1.165, 1.54) is 0 Å². The molecule has 0 amide bonds. The maximum absolute atomic E-state index is 5.65. The van der Waals surface area contributed by atoms with Crippen LogP contribution in [0.2, 0.25) is 0 Å². The van der Waals surface area contributed by atoms with Crippen LogP contribution in [0.4, 0.5) is 0 Å². The van der Waals surface area contributed by atoms with Crippen molar-refractivity contribution in [3.05, 3.63) is 23.8 Å². The molecule has 0 aliphatic heterocycles. The van der Waals surface area contributed by atoms with Crippen molar-refractivity contribution >= 4 is 0 Å². The van der Waals surface area contributed by atoms with Crippen molar-refractivity contribution in [1.82, 2.24) is 0 Å². The number of methoxy groups -OCH3 is 2. The Kier molecular flexibility index (Phi) is 5.67. The van der Waals surface area contributed by atoms with Crippen LogP contribution in [0.25, 0.3) is 0 Å². The van der Waals surface area contributed by atoms with Crippen molar-refractivity contribution in [2.45, 2.75) is 6.42 Å². The van der Waals surface area contributed by atoms with Gasteiger partial charge in [-0.15, -0.1) is 0 Å². The summed E-state index contributed by atoms with van der Waals surface area (Å²) in [6.07, 6.45) is 0.777. The van der Waals surface area contributed by atoms with E-state index in [-0.39, 0.29) is 0 Å². The minimum Gasteiger partial charge on any atom is -0.493 e. The van der Waals surface area contributed by atoms with Crippen LogP contribution in [-0.2, 0) is 11.2 Å². The number of hydrogen-bond acceptors (Lipinski definition) is 4. The molecule has 1 aromatic carbocycles. The molecule has 0 aliphatic rings. The van der Waals surface area contributed by atoms with E-state index in [4.69, 9.17) is 19.9 Å². The highest BCUT2D eigenvalue weighted by atomic mass is 16.5. The molecule has 0 fully saturated rings. The largest absolute Gasteiger partial charge is 0.493 e. The molecule has 90 valence electrons. The Balaban J connectivity index is 2.81. The average molecular weight is 225 g/mol. The van der Waals surface area contributed by atoms with Crippen LogP contribution < -0.4 is 15.2 Å². The minimum absolute atomic E-state index is 0.508. The molecule has 2 N–H and O–H groups in total. The van der Waals surface area contributed by atoms with Gasteiger partial charge in [0.1, 0.15) is 6.61 Å². The first-order valence-corrected chi connectivity index (χ1v) is 5.31. The number of nitrogens with two attached hydrogens (primary N) is 1. The molecule has 1 rings (SSSR count). The predicted octanol–water partition coefficient (Wildman–Crippen LogP) is 1.22. The Morgan fingerprint density at radius 1 is 1.19 bits per heavy atom. The van der Waals surface area contributed by atoms with Crippen molar-refractivity contribution in [2.75, 3.05) is 34.0 Å². The van der Waals surface area contributed by atoms with Crippen LogP contribution in [-0.4, -0.2) is 34.0 Å². The lowest BCUT2D eigenvalue weighted by molar-refractivity contribution is 0.143. The van der Waals surface area contributed by atoms with Gasteiger partial charge in [0.15, 0.2) is 11.5 Å². The molecule has 0 aromatic heterocycles. The van der Waals surface area contributed by atoms with Gasteiger partial charge in [-0.2, -0.15) is 0 Å². The summed E-state index contributed by atoms with van der Waals surface area (Å²) in [5.74, 6) is 1.51. The van der Waals surface area contributed by atoms with Crippen molar-refractivity contribution in [1.29, 1.82) is 0 Å². The smallest absolute Gasteiger partial charge is 0.164 e. The molecule has 0 atom stereocenters. The number of ether oxygens (including phenoxy) is 3. The lowest BCUT2D eigenvalue weighted by atomic mass is 10.1. The molecule has 0 spiro atoms. The Morgan fingerprint density at radius 3 is 2.62 bits per heavy atom. The highest BCUT2D eigenvalue weighted by Crippen LogP contribution is 2.31. The van der Waals surface area contributed by atoms with Gasteiger partial charge < -0.3 is 19.9 Å². The van der Waals surface area contributed by atoms with E-state index in [2.05, 4.69) is 0 Å². The summed E-state index contributed by atoms with van der Waals surface area (Å²) in [5.41, 5.74) is 6.62. The Hall–Kier alpha value is -1.26. The van der Waals surface area contributed by atoms with Crippen molar-refractivity contribution in [2.24, 2.45) is 5.73 Å². The zero-order valence-electron chi connectivity index (χ0n) is 9.86. The number of hydrogen-bond donors (Lipinski definition) is 1. The Morgan fingerprint density at radius 2 is 2.00 bits per heavy atom. The maximum atomic E-state index is 5.65. The van der Waals surface area contributed by atoms with Crippen LogP contribution in [0.3, 0.4) is 0 Å². The first-order valence-electron chi connectivity index (χ1n) is 5.31. The maximum Gasteiger partial charge on any atom is 0.164 e. The van der Waals surface area contributed by atoms with E-state index < -0.39 is 0 Å². The van der Waals surface area contributed by atoms with Gasteiger partial charge in [-0.3, -0.25) is 0 Å². The lowest BCUT2D eigenvalue weighted by Gasteiger charge is -2.14. The molecular weight excluding hydrogens is 206 g/mol. The third kappa shape index (κ3) is 3.40. The van der Waals surface area contributed by atoms with E-state index in [9.17, 15) is 0 Å². The van der Waals surface area contributed by atoms with Gasteiger partial charge in [0.05, 0.1) is 13.7 Å². The van der Waals surface area contributed by atoms with E-state index in [0.717, 1.165) is 23.5 Å². The fourth-order valence-electron chi connectivity index (χ4n) is 1.47. The van der Waals surface area contributed by atoms with E-state index in [0.29, 0.717) is 19.8 Å². The highest BCUT2D eigenvalue weighted by Gasteiger charge is 2.09. The van der Waals surface area contributed by atoms with Gasteiger partial charge in [0, 0.05) is 7.11 Å². The summed E-state index contributed by atoms with van der Waals surface area (Å²) in [7, 11) is 3.27. The Bertz CT molecular complexity index is 315. The zero-order valence-corrected chi connectivity index (χ0v) is 9.86. The lowest BCUT2D eigenvalue weighted by Crippen LogP contribution is -2.09. The molecule has 16 heavy (non-hydrogen) atoms. The molecule has 0 bridgehead atoms. The molecule has 0 aliphatic carbocycles. The molecule has 4 nitrogen and oxygen atoms in total. The van der Waals surface area contributed by atoms with Crippen molar-refractivity contribution in [3.8, 4) is 11.5 Å². The Labute approximate surface area is 96.3 Å².